The summed E-state index contributed by atoms with van der Waals surface area (Å²) in [5.41, 5.74) is 18.9. The fraction of sp³-hybridized carbons (Fsp3) is 0.224. The summed E-state index contributed by atoms with van der Waals surface area (Å²) in [6.45, 7) is 27.2. The third-order valence-electron chi connectivity index (χ3n) is 21.3. The van der Waals surface area contributed by atoms with Gasteiger partial charge in [-0.3, -0.25) is 0 Å². The van der Waals surface area contributed by atoms with E-state index >= 15 is 0 Å². The first-order chi connectivity index (χ1) is 46.9. The molecule has 0 amide bonds. The van der Waals surface area contributed by atoms with Crippen molar-refractivity contribution in [3.63, 3.8) is 0 Å². The van der Waals surface area contributed by atoms with Crippen molar-refractivity contribution in [3.05, 3.63) is 266 Å². The Balaban J connectivity index is 0.715. The number of para-hydroxylation sites is 2. The molecule has 0 spiro atoms. The second-order valence-electron chi connectivity index (χ2n) is 29.4. The maximum absolute atomic E-state index is 6.91. The Hall–Kier alpha value is -9.43. The molecule has 13 heteroatoms. The van der Waals surface area contributed by atoms with Gasteiger partial charge in [0.2, 0.25) is 0 Å². The zero-order valence-electron chi connectivity index (χ0n) is 58.3. The van der Waals surface area contributed by atoms with Crippen LogP contribution in [0.15, 0.2) is 265 Å². The minimum atomic E-state index is -0.485. The first-order valence-electron chi connectivity index (χ1n) is 34.1. The van der Waals surface area contributed by atoms with Crippen LogP contribution in [0.2, 0.25) is 0 Å². The standard InChI is InChI=1S/C85H82B3N3O7/c1-57-25-42-68(43-26-57)89(71-48-36-64(37-49-71)86-93-80(2,3)81(4,5)94-86)69-44-31-60(32-45-69)58-27-29-59(30-28-58)61-33-46-70(47-34-61)90(72-50-38-65(39-51-72)87-95-82(6,7)83(8,9)96-87)74-22-17-19-62(55-74)63-35-54-78-76(56-63)75-23-18-24-77(79(75)92-78)91(67-20-15-14-16-21-67)73-52-40-66(41-53-73)88-97-84(10,11)85(12,13)98-88/h14-56H,1-13H3. The second-order valence-corrected chi connectivity index (χ2v) is 29.4. The molecular weight excluding hydrogens is 1210 g/mol. The fourth-order valence-corrected chi connectivity index (χ4v) is 13.3. The average Bonchev–Trinajstić information content (AvgIpc) is 1.59. The van der Waals surface area contributed by atoms with E-state index < -0.39 is 55.0 Å². The van der Waals surface area contributed by atoms with E-state index in [0.29, 0.717) is 0 Å². The van der Waals surface area contributed by atoms with Crippen LogP contribution in [0.1, 0.15) is 88.6 Å². The van der Waals surface area contributed by atoms with E-state index in [9.17, 15) is 0 Å². The maximum Gasteiger partial charge on any atom is 0.494 e. The molecule has 3 saturated heterocycles. The number of hydrogen-bond donors (Lipinski definition) is 0. The molecule has 11 aromatic carbocycles. The Morgan fingerprint density at radius 1 is 0.255 bits per heavy atom. The SMILES string of the molecule is Cc1ccc(N(c2ccc(B3OC(C)(C)C(C)(C)O3)cc2)c2ccc(-c3ccc(-c4ccc(N(c5ccc(B6OC(C)(C)C(C)(C)O6)cc5)c5cccc(-c6ccc7oc8c(N(c9ccccc9)c9ccc(B%10OC(C)(C)C(C)(C)O%10)cc9)cccc8c7c6)c5)cc4)cc3)cc2)cc1. The molecule has 98 heavy (non-hydrogen) atoms. The third kappa shape index (κ3) is 11.9. The lowest BCUT2D eigenvalue weighted by atomic mass is 9.79. The van der Waals surface area contributed by atoms with Gasteiger partial charge in [0.05, 0.1) is 39.3 Å². The van der Waals surface area contributed by atoms with Gasteiger partial charge in [0.15, 0.2) is 5.58 Å². The van der Waals surface area contributed by atoms with Gasteiger partial charge < -0.3 is 47.0 Å². The largest absolute Gasteiger partial charge is 0.494 e. The van der Waals surface area contributed by atoms with Gasteiger partial charge in [-0.05, 0) is 255 Å². The van der Waals surface area contributed by atoms with Crippen molar-refractivity contribution < 1.29 is 32.3 Å². The number of furan rings is 1. The number of fused-ring (bicyclic) bond motifs is 3. The minimum absolute atomic E-state index is 0.417. The van der Waals surface area contributed by atoms with E-state index in [2.05, 4.69) is 359 Å². The number of anilines is 9. The van der Waals surface area contributed by atoms with Gasteiger partial charge in [-0.2, -0.15) is 0 Å². The average molecular weight is 1290 g/mol. The number of benzene rings is 11. The molecule has 15 rings (SSSR count). The lowest BCUT2D eigenvalue weighted by molar-refractivity contribution is 0.00578. The smallest absolute Gasteiger partial charge is 0.454 e. The Labute approximate surface area is 578 Å². The zero-order chi connectivity index (χ0) is 68.1. The van der Waals surface area contributed by atoms with Crippen LogP contribution in [0.5, 0.6) is 0 Å². The number of rotatable bonds is 15. The predicted octanol–water partition coefficient (Wildman–Crippen LogP) is 20.2. The molecule has 3 fully saturated rings. The van der Waals surface area contributed by atoms with Crippen molar-refractivity contribution in [2.24, 2.45) is 0 Å². The van der Waals surface area contributed by atoms with Crippen molar-refractivity contribution in [1.29, 1.82) is 0 Å². The van der Waals surface area contributed by atoms with Crippen LogP contribution >= 0.6 is 0 Å². The van der Waals surface area contributed by atoms with Crippen LogP contribution < -0.4 is 31.1 Å². The lowest BCUT2D eigenvalue weighted by Gasteiger charge is -2.32. The van der Waals surface area contributed by atoms with E-state index in [1.165, 1.54) is 5.56 Å². The van der Waals surface area contributed by atoms with Gasteiger partial charge in [-0.25, -0.2) is 0 Å². The molecule has 0 saturated carbocycles. The molecule has 3 aliphatic heterocycles. The highest BCUT2D eigenvalue weighted by Crippen LogP contribution is 2.46. The molecule has 0 atom stereocenters. The van der Waals surface area contributed by atoms with Crippen LogP contribution in [-0.2, 0) is 27.9 Å². The molecular formula is C85H82B3N3O7. The van der Waals surface area contributed by atoms with Crippen molar-refractivity contribution in [3.8, 4) is 33.4 Å². The number of nitrogens with zero attached hydrogens (tertiary/aromatic N) is 3. The van der Waals surface area contributed by atoms with E-state index in [1.54, 1.807) is 0 Å². The van der Waals surface area contributed by atoms with E-state index in [1.807, 2.05) is 6.07 Å². The highest BCUT2D eigenvalue weighted by molar-refractivity contribution is 6.63. The highest BCUT2D eigenvalue weighted by atomic mass is 16.7. The first kappa shape index (κ1) is 64.6. The summed E-state index contributed by atoms with van der Waals surface area (Å²) in [5.74, 6) is 0. The molecule has 488 valence electrons. The molecule has 3 aliphatic rings. The third-order valence-corrected chi connectivity index (χ3v) is 21.3. The van der Waals surface area contributed by atoms with Crippen molar-refractivity contribution in [2.75, 3.05) is 14.7 Å². The summed E-state index contributed by atoms with van der Waals surface area (Å²) >= 11 is 0. The zero-order valence-corrected chi connectivity index (χ0v) is 58.3. The molecule has 10 nitrogen and oxygen atoms in total. The van der Waals surface area contributed by atoms with Gasteiger partial charge in [0, 0.05) is 56.3 Å². The maximum atomic E-state index is 6.91. The van der Waals surface area contributed by atoms with Crippen molar-refractivity contribution in [1.82, 2.24) is 0 Å². The monoisotopic (exact) mass is 1290 g/mol. The van der Waals surface area contributed by atoms with Crippen LogP contribution in [0.4, 0.5) is 51.2 Å². The summed E-state index contributed by atoms with van der Waals surface area (Å²) in [7, 11) is -1.38. The minimum Gasteiger partial charge on any atom is -0.454 e. The molecule has 12 aromatic rings. The number of aryl methyl sites for hydroxylation is 1. The first-order valence-corrected chi connectivity index (χ1v) is 34.1. The van der Waals surface area contributed by atoms with Crippen LogP contribution in [-0.4, -0.2) is 55.0 Å². The normalized spacial score (nSPS) is 17.2. The lowest BCUT2D eigenvalue weighted by Crippen LogP contribution is -2.41. The predicted molar refractivity (Wildman–Crippen MR) is 406 cm³/mol. The molecule has 1 aromatic heterocycles. The summed E-state index contributed by atoms with van der Waals surface area (Å²) < 4.78 is 45.6. The van der Waals surface area contributed by atoms with Crippen molar-refractivity contribution >= 4 is 111 Å². The van der Waals surface area contributed by atoms with Crippen LogP contribution in [0, 0.1) is 6.92 Å². The summed E-state index contributed by atoms with van der Waals surface area (Å²) in [6, 6.07) is 93.1. The van der Waals surface area contributed by atoms with Gasteiger partial charge in [0.25, 0.3) is 0 Å². The molecule has 4 heterocycles. The quantitative estimate of drug-likeness (QED) is 0.0926. The van der Waals surface area contributed by atoms with Crippen LogP contribution in [0.3, 0.4) is 0 Å². The van der Waals surface area contributed by atoms with Gasteiger partial charge >= 0.3 is 21.4 Å². The van der Waals surface area contributed by atoms with Crippen molar-refractivity contribution in [2.45, 2.75) is 124 Å². The Bertz CT molecular complexity index is 4840. The summed E-state index contributed by atoms with van der Waals surface area (Å²) in [6.07, 6.45) is 0. The van der Waals surface area contributed by atoms with Gasteiger partial charge in [-0.1, -0.05) is 151 Å². The topological polar surface area (TPSA) is 78.2 Å². The summed E-state index contributed by atoms with van der Waals surface area (Å²) in [5, 5.41) is 2.06. The van der Waals surface area contributed by atoms with E-state index in [0.717, 1.165) is 123 Å². The Kier molecular flexibility index (Phi) is 16.2. The van der Waals surface area contributed by atoms with Crippen LogP contribution in [0.25, 0.3) is 55.3 Å². The van der Waals surface area contributed by atoms with Gasteiger partial charge in [0.1, 0.15) is 5.58 Å². The molecule has 0 bridgehead atoms. The molecule has 0 N–H and O–H groups in total. The Morgan fingerprint density at radius 3 is 0.990 bits per heavy atom. The summed E-state index contributed by atoms with van der Waals surface area (Å²) in [4.78, 5) is 6.88. The van der Waals surface area contributed by atoms with E-state index in [-0.39, 0.29) is 0 Å². The molecule has 0 aliphatic carbocycles. The number of hydrogen-bond acceptors (Lipinski definition) is 10. The second kappa shape index (κ2) is 24.5. The van der Waals surface area contributed by atoms with E-state index in [4.69, 9.17) is 32.3 Å². The highest BCUT2D eigenvalue weighted by Gasteiger charge is 2.54. The fourth-order valence-electron chi connectivity index (χ4n) is 13.3. The molecule has 0 unspecified atom stereocenters. The van der Waals surface area contributed by atoms with Gasteiger partial charge in [-0.15, -0.1) is 0 Å². The molecule has 0 radical (unpaired) electrons. The Morgan fingerprint density at radius 2 is 0.571 bits per heavy atom.